The summed E-state index contributed by atoms with van der Waals surface area (Å²) in [4.78, 5) is 0. The lowest BCUT2D eigenvalue weighted by molar-refractivity contribution is -0.386. The second kappa shape index (κ2) is 10.6. The first-order chi connectivity index (χ1) is 3.93. The highest BCUT2D eigenvalue weighted by Crippen LogP contribution is 1.93. The molecule has 11 heavy (non-hydrogen) atoms. The van der Waals surface area contributed by atoms with Gasteiger partial charge in [0.2, 0.25) is 0 Å². The van der Waals surface area contributed by atoms with Gasteiger partial charge in [0.15, 0.2) is 0 Å². The molecule has 0 atom stereocenters. The Bertz CT molecular complexity index is 155. The zero-order chi connectivity index (χ0) is 5.82. The van der Waals surface area contributed by atoms with E-state index in [9.17, 15) is 0 Å². The minimum absolute atomic E-state index is 0. The summed E-state index contributed by atoms with van der Waals surface area (Å²) in [6.07, 6.45) is 0. The van der Waals surface area contributed by atoms with Gasteiger partial charge in [-0.15, -0.1) is 0 Å². The molecule has 1 rings (SSSR count). The van der Waals surface area contributed by atoms with E-state index in [1.807, 2.05) is 18.2 Å². The van der Waals surface area contributed by atoms with Gasteiger partial charge in [0.05, 0.1) is 6.54 Å². The van der Waals surface area contributed by atoms with Crippen molar-refractivity contribution in [2.45, 2.75) is 6.54 Å². The van der Waals surface area contributed by atoms with Crippen LogP contribution in [-0.2, 0) is 6.54 Å². The van der Waals surface area contributed by atoms with Gasteiger partial charge in [-0.3, -0.25) is 0 Å². The van der Waals surface area contributed by atoms with Crippen molar-refractivity contribution in [1.82, 2.24) is 0 Å². The third-order valence-corrected chi connectivity index (χ3v) is 1.13. The standard InChI is InChI=1S/C7H9N.3BrH/c8-6-7-4-2-1-3-5-7;;;/h1-5H,6,8H2;3*1H/p-2. The largest absolute Gasteiger partial charge is 1.00 e. The van der Waals surface area contributed by atoms with Crippen LogP contribution in [0.2, 0.25) is 0 Å². The lowest BCUT2D eigenvalue weighted by Crippen LogP contribution is -3.00. The fourth-order valence-corrected chi connectivity index (χ4v) is 0.645. The molecule has 0 spiro atoms. The number of hydrogen-bond acceptors (Lipinski definition) is 0. The molecule has 0 radical (unpaired) electrons. The first-order valence-electron chi connectivity index (χ1n) is 2.76. The molecule has 1 nitrogen and oxygen atoms in total. The van der Waals surface area contributed by atoms with Crippen molar-refractivity contribution < 1.29 is 56.7 Å². The van der Waals surface area contributed by atoms with Crippen LogP contribution in [0, 0.1) is 0 Å². The van der Waals surface area contributed by atoms with Crippen LogP contribution in [-0.4, -0.2) is 0 Å². The van der Waals surface area contributed by atoms with Gasteiger partial charge in [0.1, 0.15) is 0 Å². The number of halogens is 3. The van der Waals surface area contributed by atoms with E-state index in [1.165, 1.54) is 5.56 Å². The molecule has 0 aliphatic rings. The summed E-state index contributed by atoms with van der Waals surface area (Å²) < 4.78 is 0. The lowest BCUT2D eigenvalue weighted by atomic mass is 10.2. The summed E-state index contributed by atoms with van der Waals surface area (Å²) in [5.74, 6) is 0. The normalized spacial score (nSPS) is 6.64. The smallest absolute Gasteiger partial charge is 0.0997 e. The Morgan fingerprint density at radius 2 is 1.36 bits per heavy atom. The maximum atomic E-state index is 3.76. The highest BCUT2D eigenvalue weighted by Gasteiger charge is 1.82. The summed E-state index contributed by atoms with van der Waals surface area (Å²) in [6.45, 7) is 0.890. The molecule has 1 aromatic rings. The van der Waals surface area contributed by atoms with Crippen molar-refractivity contribution in [2.75, 3.05) is 0 Å². The predicted octanol–water partition coefficient (Wildman–Crippen LogP) is -8.56. The summed E-state index contributed by atoms with van der Waals surface area (Å²) in [5.41, 5.74) is 5.05. The quantitative estimate of drug-likeness (QED) is 0.523. The molecule has 0 unspecified atom stereocenters. The highest BCUT2D eigenvalue weighted by atomic mass is 79.9. The van der Waals surface area contributed by atoms with Gasteiger partial charge in [-0.1, -0.05) is 30.3 Å². The van der Waals surface area contributed by atoms with Gasteiger partial charge in [0, 0.05) is 5.56 Å². The van der Waals surface area contributed by atoms with Crippen molar-refractivity contribution in [3.8, 4) is 0 Å². The Morgan fingerprint density at radius 3 is 1.64 bits per heavy atom. The van der Waals surface area contributed by atoms with Gasteiger partial charge in [-0.2, -0.15) is 0 Å². The maximum Gasteiger partial charge on any atom is 0.0997 e. The van der Waals surface area contributed by atoms with Crippen LogP contribution in [0.5, 0.6) is 0 Å². The maximum absolute atomic E-state index is 3.76. The van der Waals surface area contributed by atoms with Crippen molar-refractivity contribution in [3.05, 3.63) is 35.9 Å². The first kappa shape index (κ1) is 17.6. The van der Waals surface area contributed by atoms with Crippen LogP contribution in [0.4, 0.5) is 0 Å². The molecule has 0 fully saturated rings. The molecule has 0 heterocycles. The van der Waals surface area contributed by atoms with Crippen molar-refractivity contribution in [1.29, 1.82) is 0 Å². The summed E-state index contributed by atoms with van der Waals surface area (Å²) in [7, 11) is 0. The molecule has 3 N–H and O–H groups in total. The third-order valence-electron chi connectivity index (χ3n) is 1.13. The number of benzene rings is 1. The molecule has 4 heteroatoms. The Balaban J connectivity index is -0.000000213. The van der Waals surface area contributed by atoms with E-state index >= 15 is 0 Å². The van der Waals surface area contributed by atoms with E-state index in [4.69, 9.17) is 0 Å². The average molecular weight is 348 g/mol. The second-order valence-electron chi connectivity index (χ2n) is 1.74. The van der Waals surface area contributed by atoms with Crippen molar-refractivity contribution >= 4 is 0 Å². The van der Waals surface area contributed by atoms with Gasteiger partial charge < -0.3 is 56.7 Å². The molecule has 66 valence electrons. The molecule has 0 aromatic heterocycles. The van der Waals surface area contributed by atoms with Crippen LogP contribution >= 0.6 is 0 Å². The van der Waals surface area contributed by atoms with E-state index in [-0.39, 0.29) is 50.9 Å². The van der Waals surface area contributed by atoms with Crippen molar-refractivity contribution in [3.63, 3.8) is 0 Å². The number of quaternary nitrogens is 1. The van der Waals surface area contributed by atoms with Crippen LogP contribution in [0.25, 0.3) is 0 Å². The van der Waals surface area contributed by atoms with E-state index in [1.54, 1.807) is 0 Å². The summed E-state index contributed by atoms with van der Waals surface area (Å²) in [5, 5.41) is 0. The lowest BCUT2D eigenvalue weighted by Gasteiger charge is -1.87. The molecule has 0 amide bonds. The minimum atomic E-state index is 0. The number of hydrogen-bond donors (Lipinski definition) is 1. The van der Waals surface area contributed by atoms with Crippen LogP contribution < -0.4 is 56.7 Å². The Labute approximate surface area is 98.7 Å². The topological polar surface area (TPSA) is 27.6 Å². The Hall–Kier alpha value is 0.620. The molecule has 0 saturated carbocycles. The minimum Gasteiger partial charge on any atom is -1.00 e. The zero-order valence-corrected chi connectivity index (χ0v) is 10.7. The fourth-order valence-electron chi connectivity index (χ4n) is 0.645. The molecule has 1 aromatic carbocycles. The zero-order valence-electron chi connectivity index (χ0n) is 5.93. The van der Waals surface area contributed by atoms with Gasteiger partial charge in [-0.05, 0) is 0 Å². The van der Waals surface area contributed by atoms with Gasteiger partial charge >= 0.3 is 0 Å². The summed E-state index contributed by atoms with van der Waals surface area (Å²) in [6, 6.07) is 10.2. The van der Waals surface area contributed by atoms with E-state index in [0.29, 0.717) is 0 Å². The van der Waals surface area contributed by atoms with Crippen LogP contribution in [0.1, 0.15) is 5.56 Å². The molecule has 0 aliphatic heterocycles. The average Bonchev–Trinajstić information content (AvgIpc) is 1.90. The molecular weight excluding hydrogens is 338 g/mol. The molecular formula is C7H10Br3N-2. The molecule has 0 aliphatic carbocycles. The fraction of sp³-hybridized carbons (Fsp3) is 0.143. The Kier molecular flexibility index (Phi) is 17.0. The van der Waals surface area contributed by atoms with E-state index in [2.05, 4.69) is 17.9 Å². The van der Waals surface area contributed by atoms with Crippen molar-refractivity contribution in [2.24, 2.45) is 0 Å². The van der Waals surface area contributed by atoms with Crippen LogP contribution in [0.3, 0.4) is 0 Å². The monoisotopic (exact) mass is 345 g/mol. The summed E-state index contributed by atoms with van der Waals surface area (Å²) >= 11 is 0. The Morgan fingerprint density at radius 1 is 0.909 bits per heavy atom. The van der Waals surface area contributed by atoms with E-state index < -0.39 is 0 Å². The third kappa shape index (κ3) is 7.00. The second-order valence-corrected chi connectivity index (χ2v) is 1.74. The van der Waals surface area contributed by atoms with E-state index in [0.717, 1.165) is 6.54 Å². The predicted molar refractivity (Wildman–Crippen MR) is 33.0 cm³/mol. The van der Waals surface area contributed by atoms with Gasteiger partial charge in [-0.25, -0.2) is 0 Å². The molecule has 0 bridgehead atoms. The van der Waals surface area contributed by atoms with Gasteiger partial charge in [0.25, 0.3) is 0 Å². The SMILES string of the molecule is [Br-].[Br-].[Br-].[NH3+]Cc1ccccc1. The number of rotatable bonds is 1. The highest BCUT2D eigenvalue weighted by molar-refractivity contribution is 5.12. The van der Waals surface area contributed by atoms with Crippen LogP contribution in [0.15, 0.2) is 30.3 Å². The molecule has 0 saturated heterocycles. The first-order valence-corrected chi connectivity index (χ1v) is 2.76.